The SMILES string of the molecule is O=C(N[C@H](c1ccccc1)c1ccco1)[C@H]1CC(=O)N(CC2CC2)C1. The van der Waals surface area contributed by atoms with Crippen molar-refractivity contribution in [1.29, 1.82) is 0 Å². The van der Waals surface area contributed by atoms with Gasteiger partial charge in [-0.3, -0.25) is 9.59 Å². The molecule has 1 saturated carbocycles. The summed E-state index contributed by atoms with van der Waals surface area (Å²) in [6.45, 7) is 1.34. The highest BCUT2D eigenvalue weighted by Crippen LogP contribution is 2.32. The Balaban J connectivity index is 1.46. The summed E-state index contributed by atoms with van der Waals surface area (Å²) in [6.07, 6.45) is 4.32. The second-order valence-electron chi connectivity index (χ2n) is 7.01. The van der Waals surface area contributed by atoms with Crippen LogP contribution in [0.25, 0.3) is 0 Å². The number of furan rings is 1. The Hall–Kier alpha value is -2.56. The Morgan fingerprint density at radius 2 is 2.00 bits per heavy atom. The predicted molar refractivity (Wildman–Crippen MR) is 92.5 cm³/mol. The van der Waals surface area contributed by atoms with E-state index in [1.807, 2.05) is 47.4 Å². The van der Waals surface area contributed by atoms with Crippen molar-refractivity contribution in [1.82, 2.24) is 10.2 Å². The maximum absolute atomic E-state index is 12.8. The number of benzene rings is 1. The van der Waals surface area contributed by atoms with Crippen LogP contribution >= 0.6 is 0 Å². The van der Waals surface area contributed by atoms with Crippen LogP contribution in [0.3, 0.4) is 0 Å². The molecule has 130 valence electrons. The third kappa shape index (κ3) is 3.60. The summed E-state index contributed by atoms with van der Waals surface area (Å²) in [6, 6.07) is 13.1. The summed E-state index contributed by atoms with van der Waals surface area (Å²) >= 11 is 0. The molecule has 5 nitrogen and oxygen atoms in total. The van der Waals surface area contributed by atoms with Crippen LogP contribution in [0.1, 0.15) is 36.6 Å². The minimum absolute atomic E-state index is 0.0862. The number of likely N-dealkylation sites (tertiary alicyclic amines) is 1. The van der Waals surface area contributed by atoms with Crippen LogP contribution < -0.4 is 5.32 Å². The lowest BCUT2D eigenvalue weighted by Gasteiger charge is -2.20. The second-order valence-corrected chi connectivity index (χ2v) is 7.01. The van der Waals surface area contributed by atoms with Crippen molar-refractivity contribution < 1.29 is 14.0 Å². The monoisotopic (exact) mass is 338 g/mol. The fourth-order valence-corrected chi connectivity index (χ4v) is 3.42. The number of carbonyl (C=O) groups is 2. The van der Waals surface area contributed by atoms with E-state index in [4.69, 9.17) is 4.42 Å². The molecule has 2 atom stereocenters. The molecular formula is C20H22N2O3. The molecule has 1 aromatic carbocycles. The van der Waals surface area contributed by atoms with Crippen LogP contribution in [-0.2, 0) is 9.59 Å². The van der Waals surface area contributed by atoms with Gasteiger partial charge < -0.3 is 14.6 Å². The Bertz CT molecular complexity index is 738. The summed E-state index contributed by atoms with van der Waals surface area (Å²) in [5, 5.41) is 3.08. The fourth-order valence-electron chi connectivity index (χ4n) is 3.42. The van der Waals surface area contributed by atoms with Crippen molar-refractivity contribution in [2.24, 2.45) is 11.8 Å². The first-order valence-corrected chi connectivity index (χ1v) is 8.87. The first-order valence-electron chi connectivity index (χ1n) is 8.87. The second kappa shape index (κ2) is 6.75. The van der Waals surface area contributed by atoms with Gasteiger partial charge in [0.25, 0.3) is 0 Å². The van der Waals surface area contributed by atoms with E-state index in [9.17, 15) is 9.59 Å². The Labute approximate surface area is 147 Å². The van der Waals surface area contributed by atoms with Crippen molar-refractivity contribution in [2.75, 3.05) is 13.1 Å². The van der Waals surface area contributed by atoms with Gasteiger partial charge >= 0.3 is 0 Å². The minimum atomic E-state index is -0.337. The third-order valence-corrected chi connectivity index (χ3v) is 5.01. The number of carbonyl (C=O) groups excluding carboxylic acids is 2. The molecule has 0 radical (unpaired) electrons. The fraction of sp³-hybridized carbons (Fsp3) is 0.400. The van der Waals surface area contributed by atoms with Gasteiger partial charge in [-0.1, -0.05) is 30.3 Å². The van der Waals surface area contributed by atoms with E-state index in [1.165, 1.54) is 12.8 Å². The molecule has 2 fully saturated rings. The van der Waals surface area contributed by atoms with Gasteiger partial charge in [-0.2, -0.15) is 0 Å². The zero-order valence-electron chi connectivity index (χ0n) is 14.1. The molecular weight excluding hydrogens is 316 g/mol. The number of rotatable bonds is 6. The van der Waals surface area contributed by atoms with Crippen molar-refractivity contribution in [3.8, 4) is 0 Å². The van der Waals surface area contributed by atoms with Crippen LogP contribution in [0.15, 0.2) is 53.1 Å². The lowest BCUT2D eigenvalue weighted by molar-refractivity contribution is -0.129. The van der Waals surface area contributed by atoms with Crippen LogP contribution in [0, 0.1) is 11.8 Å². The standard InChI is InChI=1S/C20H22N2O3/c23-18-11-16(13-22(18)12-14-8-9-14)20(24)21-19(17-7-4-10-25-17)15-5-2-1-3-6-15/h1-7,10,14,16,19H,8-9,11-13H2,(H,21,24)/t16-,19+/m0/s1. The number of hydrogen-bond acceptors (Lipinski definition) is 3. The Kier molecular flexibility index (Phi) is 4.30. The maximum Gasteiger partial charge on any atom is 0.226 e. The van der Waals surface area contributed by atoms with Gasteiger partial charge in [0, 0.05) is 19.5 Å². The summed E-state index contributed by atoms with van der Waals surface area (Å²) in [7, 11) is 0. The Morgan fingerprint density at radius 1 is 1.20 bits per heavy atom. The van der Waals surface area contributed by atoms with E-state index >= 15 is 0 Å². The highest BCUT2D eigenvalue weighted by atomic mass is 16.3. The lowest BCUT2D eigenvalue weighted by atomic mass is 10.0. The van der Waals surface area contributed by atoms with Crippen LogP contribution in [-0.4, -0.2) is 29.8 Å². The highest BCUT2D eigenvalue weighted by Gasteiger charge is 2.38. The van der Waals surface area contributed by atoms with E-state index in [0.717, 1.165) is 12.1 Å². The molecule has 0 spiro atoms. The summed E-state index contributed by atoms with van der Waals surface area (Å²) < 4.78 is 5.52. The van der Waals surface area contributed by atoms with Crippen LogP contribution in [0.2, 0.25) is 0 Å². The average molecular weight is 338 g/mol. The molecule has 1 aliphatic carbocycles. The van der Waals surface area contributed by atoms with Gasteiger partial charge in [0.15, 0.2) is 0 Å². The van der Waals surface area contributed by atoms with Crippen molar-refractivity contribution in [3.05, 3.63) is 60.1 Å². The summed E-state index contributed by atoms with van der Waals surface area (Å²) in [5.41, 5.74) is 0.963. The third-order valence-electron chi connectivity index (χ3n) is 5.01. The molecule has 25 heavy (non-hydrogen) atoms. The molecule has 2 heterocycles. The first-order chi connectivity index (χ1) is 12.2. The number of nitrogens with zero attached hydrogens (tertiary/aromatic N) is 1. The lowest BCUT2D eigenvalue weighted by Crippen LogP contribution is -2.36. The minimum Gasteiger partial charge on any atom is -0.467 e. The topological polar surface area (TPSA) is 62.6 Å². The van der Waals surface area contributed by atoms with Gasteiger partial charge in [0.05, 0.1) is 12.2 Å². The number of amides is 2. The largest absolute Gasteiger partial charge is 0.467 e. The van der Waals surface area contributed by atoms with E-state index in [2.05, 4.69) is 5.32 Å². The molecule has 2 aromatic rings. The molecule has 5 heteroatoms. The van der Waals surface area contributed by atoms with E-state index in [-0.39, 0.29) is 23.8 Å². The van der Waals surface area contributed by atoms with E-state index in [1.54, 1.807) is 6.26 Å². The van der Waals surface area contributed by atoms with Crippen LogP contribution in [0.5, 0.6) is 0 Å². The highest BCUT2D eigenvalue weighted by molar-refractivity contribution is 5.89. The summed E-state index contributed by atoms with van der Waals surface area (Å²) in [4.78, 5) is 26.8. The first kappa shape index (κ1) is 15.9. The van der Waals surface area contributed by atoms with Gasteiger partial charge in [-0.15, -0.1) is 0 Å². The van der Waals surface area contributed by atoms with Gasteiger partial charge in [-0.25, -0.2) is 0 Å². The van der Waals surface area contributed by atoms with E-state index < -0.39 is 0 Å². The van der Waals surface area contributed by atoms with E-state index in [0.29, 0.717) is 24.6 Å². The number of nitrogens with one attached hydrogen (secondary N) is 1. The predicted octanol–water partition coefficient (Wildman–Crippen LogP) is 2.74. The quantitative estimate of drug-likeness (QED) is 0.881. The van der Waals surface area contributed by atoms with Gasteiger partial charge in [0.2, 0.25) is 11.8 Å². The smallest absolute Gasteiger partial charge is 0.226 e. The van der Waals surface area contributed by atoms with Crippen molar-refractivity contribution in [2.45, 2.75) is 25.3 Å². The van der Waals surface area contributed by atoms with Crippen molar-refractivity contribution in [3.63, 3.8) is 0 Å². The molecule has 0 bridgehead atoms. The zero-order chi connectivity index (χ0) is 17.2. The van der Waals surface area contributed by atoms with Gasteiger partial charge in [0.1, 0.15) is 11.8 Å². The molecule has 4 rings (SSSR count). The molecule has 2 aliphatic rings. The molecule has 1 N–H and O–H groups in total. The molecule has 0 unspecified atom stereocenters. The summed E-state index contributed by atoms with van der Waals surface area (Å²) in [5.74, 6) is 1.07. The Morgan fingerprint density at radius 3 is 2.68 bits per heavy atom. The number of hydrogen-bond donors (Lipinski definition) is 1. The molecule has 2 amide bonds. The normalized spacial score (nSPS) is 21.4. The molecule has 1 saturated heterocycles. The van der Waals surface area contributed by atoms with Gasteiger partial charge in [-0.05, 0) is 36.5 Å². The molecule has 1 aromatic heterocycles. The zero-order valence-corrected chi connectivity index (χ0v) is 14.1. The average Bonchev–Trinajstić information content (AvgIpc) is 3.13. The maximum atomic E-state index is 12.8. The van der Waals surface area contributed by atoms with Crippen molar-refractivity contribution >= 4 is 11.8 Å². The molecule has 1 aliphatic heterocycles. The van der Waals surface area contributed by atoms with Crippen LogP contribution in [0.4, 0.5) is 0 Å².